The predicted molar refractivity (Wildman–Crippen MR) is 65.9 cm³/mol. The predicted octanol–water partition coefficient (Wildman–Crippen LogP) is 4.02. The second-order valence-corrected chi connectivity index (χ2v) is 5.31. The molecule has 0 aliphatic carbocycles. The van der Waals surface area contributed by atoms with Crippen molar-refractivity contribution < 1.29 is 4.79 Å². The maximum atomic E-state index is 11.6. The van der Waals surface area contributed by atoms with Crippen LogP contribution in [0.4, 0.5) is 0 Å². The lowest BCUT2D eigenvalue weighted by atomic mass is 10.1. The van der Waals surface area contributed by atoms with Crippen LogP contribution in [0, 0.1) is 0 Å². The molecule has 0 aromatic carbocycles. The molecule has 3 heteroatoms. The molecule has 0 aliphatic rings. The minimum Gasteiger partial charge on any atom is -0.293 e. The third-order valence-electron chi connectivity index (χ3n) is 2.20. The summed E-state index contributed by atoms with van der Waals surface area (Å²) in [5, 5.41) is 4.03. The van der Waals surface area contributed by atoms with Crippen LogP contribution in [0.1, 0.15) is 27.4 Å². The Morgan fingerprint density at radius 2 is 1.93 bits per heavy atom. The fourth-order valence-electron chi connectivity index (χ4n) is 1.44. The second kappa shape index (κ2) is 5.24. The zero-order valence-electron chi connectivity index (χ0n) is 8.31. The number of carbonyl (C=O) groups is 1. The first-order chi connectivity index (χ1) is 7.36. The maximum absolute atomic E-state index is 11.6. The van der Waals surface area contributed by atoms with Crippen molar-refractivity contribution in [3.63, 3.8) is 0 Å². The average Bonchev–Trinajstić information content (AvgIpc) is 2.90. The third-order valence-corrected chi connectivity index (χ3v) is 4.05. The van der Waals surface area contributed by atoms with E-state index in [0.717, 1.165) is 17.7 Å². The molecule has 0 spiro atoms. The highest BCUT2D eigenvalue weighted by atomic mass is 32.1. The third kappa shape index (κ3) is 3.01. The molecule has 1 nitrogen and oxygen atoms in total. The number of thiophene rings is 2. The number of ketones is 1. The average molecular weight is 236 g/mol. The van der Waals surface area contributed by atoms with Gasteiger partial charge in [-0.05, 0) is 35.7 Å². The number of aryl methyl sites for hydroxylation is 1. The molecule has 0 atom stereocenters. The summed E-state index contributed by atoms with van der Waals surface area (Å²) < 4.78 is 0. The largest absolute Gasteiger partial charge is 0.293 e. The molecule has 0 unspecified atom stereocenters. The lowest BCUT2D eigenvalue weighted by molar-refractivity contribution is 0.0984. The van der Waals surface area contributed by atoms with Gasteiger partial charge >= 0.3 is 0 Å². The summed E-state index contributed by atoms with van der Waals surface area (Å²) in [4.78, 5) is 13.9. The van der Waals surface area contributed by atoms with Crippen LogP contribution >= 0.6 is 22.7 Å². The van der Waals surface area contributed by atoms with Crippen molar-refractivity contribution in [2.24, 2.45) is 0 Å². The van der Waals surface area contributed by atoms with Crippen LogP contribution in [0.25, 0.3) is 0 Å². The molecule has 0 bridgehead atoms. The number of carbonyl (C=O) groups excluding carboxylic acids is 1. The van der Waals surface area contributed by atoms with Gasteiger partial charge in [0.2, 0.25) is 0 Å². The Kier molecular flexibility index (Phi) is 3.69. The number of hydrogen-bond acceptors (Lipinski definition) is 3. The van der Waals surface area contributed by atoms with Crippen LogP contribution < -0.4 is 0 Å². The van der Waals surface area contributed by atoms with Crippen LogP contribution in [0.15, 0.2) is 35.0 Å². The molecule has 2 aromatic heterocycles. The zero-order chi connectivity index (χ0) is 10.5. The summed E-state index contributed by atoms with van der Waals surface area (Å²) in [5.74, 6) is 0.279. The fourth-order valence-corrected chi connectivity index (χ4v) is 2.88. The molecule has 2 rings (SSSR count). The summed E-state index contributed by atoms with van der Waals surface area (Å²) in [7, 11) is 0. The van der Waals surface area contributed by atoms with Gasteiger partial charge in [0.1, 0.15) is 0 Å². The molecule has 2 aromatic rings. The Morgan fingerprint density at radius 3 is 2.60 bits per heavy atom. The fraction of sp³-hybridized carbons (Fsp3) is 0.250. The van der Waals surface area contributed by atoms with Gasteiger partial charge in [-0.2, -0.15) is 0 Å². The van der Waals surface area contributed by atoms with Gasteiger partial charge in [0, 0.05) is 11.3 Å². The van der Waals surface area contributed by atoms with Crippen molar-refractivity contribution in [3.8, 4) is 0 Å². The molecular weight excluding hydrogens is 224 g/mol. The molecular formula is C12H12OS2. The SMILES string of the molecule is O=C(CCCc1cccs1)c1cccs1. The van der Waals surface area contributed by atoms with Gasteiger partial charge in [-0.15, -0.1) is 22.7 Å². The first-order valence-electron chi connectivity index (χ1n) is 4.95. The van der Waals surface area contributed by atoms with Gasteiger partial charge < -0.3 is 0 Å². The first-order valence-corrected chi connectivity index (χ1v) is 6.71. The first kappa shape index (κ1) is 10.6. The molecule has 0 amide bonds. The van der Waals surface area contributed by atoms with Crippen LogP contribution in [-0.4, -0.2) is 5.78 Å². The lowest BCUT2D eigenvalue weighted by Crippen LogP contribution is -1.96. The normalized spacial score (nSPS) is 10.4. The van der Waals surface area contributed by atoms with Gasteiger partial charge in [-0.1, -0.05) is 12.1 Å². The molecule has 0 saturated heterocycles. The summed E-state index contributed by atoms with van der Waals surface area (Å²) in [6.07, 6.45) is 2.64. The van der Waals surface area contributed by atoms with Crippen molar-refractivity contribution in [2.75, 3.05) is 0 Å². The summed E-state index contributed by atoms with van der Waals surface area (Å²) >= 11 is 3.30. The Hall–Kier alpha value is -0.930. The van der Waals surface area contributed by atoms with Gasteiger partial charge in [-0.3, -0.25) is 4.79 Å². The van der Waals surface area contributed by atoms with Crippen molar-refractivity contribution in [1.29, 1.82) is 0 Å². The Balaban J connectivity index is 1.77. The Labute approximate surface area is 97.4 Å². The van der Waals surface area contributed by atoms with E-state index in [-0.39, 0.29) is 5.78 Å². The topological polar surface area (TPSA) is 17.1 Å². The molecule has 0 aliphatic heterocycles. The molecule has 0 fully saturated rings. The summed E-state index contributed by atoms with van der Waals surface area (Å²) in [6.45, 7) is 0. The highest BCUT2D eigenvalue weighted by molar-refractivity contribution is 7.12. The van der Waals surface area contributed by atoms with Crippen molar-refractivity contribution in [3.05, 3.63) is 44.8 Å². The van der Waals surface area contributed by atoms with E-state index < -0.39 is 0 Å². The molecule has 0 saturated carbocycles. The molecule has 0 N–H and O–H groups in total. The second-order valence-electron chi connectivity index (χ2n) is 3.33. The Morgan fingerprint density at radius 1 is 1.13 bits per heavy atom. The van der Waals surface area contributed by atoms with E-state index in [0.29, 0.717) is 6.42 Å². The molecule has 15 heavy (non-hydrogen) atoms. The van der Waals surface area contributed by atoms with Gasteiger partial charge in [0.05, 0.1) is 4.88 Å². The van der Waals surface area contributed by atoms with E-state index in [2.05, 4.69) is 17.5 Å². The zero-order valence-corrected chi connectivity index (χ0v) is 9.94. The summed E-state index contributed by atoms with van der Waals surface area (Å²) in [6, 6.07) is 8.01. The lowest BCUT2D eigenvalue weighted by Gasteiger charge is -1.97. The van der Waals surface area contributed by atoms with Crippen molar-refractivity contribution in [2.45, 2.75) is 19.3 Å². The van der Waals surface area contributed by atoms with E-state index in [4.69, 9.17) is 0 Å². The van der Waals surface area contributed by atoms with Crippen molar-refractivity contribution in [1.82, 2.24) is 0 Å². The molecule has 2 heterocycles. The smallest absolute Gasteiger partial charge is 0.172 e. The van der Waals surface area contributed by atoms with E-state index in [1.807, 2.05) is 17.5 Å². The Bertz CT molecular complexity index is 401. The maximum Gasteiger partial charge on any atom is 0.172 e. The van der Waals surface area contributed by atoms with Crippen LogP contribution in [-0.2, 0) is 6.42 Å². The van der Waals surface area contributed by atoms with Gasteiger partial charge in [0.15, 0.2) is 5.78 Å². The molecule has 78 valence electrons. The van der Waals surface area contributed by atoms with E-state index in [1.165, 1.54) is 16.2 Å². The number of rotatable bonds is 5. The minimum absolute atomic E-state index is 0.279. The minimum atomic E-state index is 0.279. The monoisotopic (exact) mass is 236 g/mol. The van der Waals surface area contributed by atoms with Gasteiger partial charge in [0.25, 0.3) is 0 Å². The standard InChI is InChI=1S/C12H12OS2/c13-11(12-7-3-9-15-12)6-1-4-10-5-2-8-14-10/h2-3,5,7-9H,1,4,6H2. The van der Waals surface area contributed by atoms with Crippen molar-refractivity contribution >= 4 is 28.5 Å². The van der Waals surface area contributed by atoms with E-state index in [9.17, 15) is 4.79 Å². The van der Waals surface area contributed by atoms with Crippen LogP contribution in [0.5, 0.6) is 0 Å². The number of Topliss-reactive ketones (excluding diaryl/α,β-unsaturated/α-hetero) is 1. The number of hydrogen-bond donors (Lipinski definition) is 0. The van der Waals surface area contributed by atoms with Crippen LogP contribution in [0.2, 0.25) is 0 Å². The highest BCUT2D eigenvalue weighted by Crippen LogP contribution is 2.15. The van der Waals surface area contributed by atoms with Gasteiger partial charge in [-0.25, -0.2) is 0 Å². The van der Waals surface area contributed by atoms with E-state index in [1.54, 1.807) is 11.3 Å². The summed E-state index contributed by atoms with van der Waals surface area (Å²) in [5.41, 5.74) is 0. The van der Waals surface area contributed by atoms with Crippen LogP contribution in [0.3, 0.4) is 0 Å². The quantitative estimate of drug-likeness (QED) is 0.717. The molecule has 0 radical (unpaired) electrons. The highest BCUT2D eigenvalue weighted by Gasteiger charge is 2.06. The van der Waals surface area contributed by atoms with E-state index >= 15 is 0 Å².